The standard InChI is InChI=1S/C14H22N6O4/c15-12(22)11(7-8-1-3-9(21)4-2-8)19-13(23)10(20-24)5-6-18-14(16)17/h1-4,10-11,20-21,24H,5-7H2,(H2,15,22)(H,19,23)(H4,16,17,18)/t10-,11-/m0/s1. The summed E-state index contributed by atoms with van der Waals surface area (Å²) in [6, 6.07) is 4.16. The maximum absolute atomic E-state index is 12.1. The van der Waals surface area contributed by atoms with Gasteiger partial charge in [-0.1, -0.05) is 12.1 Å². The number of aromatic hydroxyl groups is 1. The van der Waals surface area contributed by atoms with Crippen LogP contribution in [0, 0.1) is 0 Å². The van der Waals surface area contributed by atoms with E-state index in [1.807, 2.05) is 5.48 Å². The molecule has 0 aliphatic rings. The van der Waals surface area contributed by atoms with Crippen LogP contribution in [0.3, 0.4) is 0 Å². The minimum atomic E-state index is -1.00. The normalized spacial score (nSPS) is 12.9. The molecule has 24 heavy (non-hydrogen) atoms. The summed E-state index contributed by atoms with van der Waals surface area (Å²) in [7, 11) is 0. The summed E-state index contributed by atoms with van der Waals surface area (Å²) in [5, 5.41) is 20.8. The van der Waals surface area contributed by atoms with E-state index in [-0.39, 0.29) is 31.1 Å². The number of guanidine groups is 1. The van der Waals surface area contributed by atoms with E-state index < -0.39 is 23.9 Å². The van der Waals surface area contributed by atoms with Crippen LogP contribution >= 0.6 is 0 Å². The maximum atomic E-state index is 12.1. The summed E-state index contributed by atoms with van der Waals surface area (Å²) in [5.74, 6) is -1.39. The van der Waals surface area contributed by atoms with Gasteiger partial charge in [0.1, 0.15) is 17.8 Å². The number of amides is 2. The van der Waals surface area contributed by atoms with Crippen LogP contribution in [0.15, 0.2) is 29.3 Å². The first-order valence-electron chi connectivity index (χ1n) is 7.16. The Morgan fingerprint density at radius 3 is 2.25 bits per heavy atom. The number of nitrogens with one attached hydrogen (secondary N) is 2. The van der Waals surface area contributed by atoms with E-state index in [0.717, 1.165) is 0 Å². The Balaban J connectivity index is 2.68. The van der Waals surface area contributed by atoms with Crippen molar-refractivity contribution in [1.29, 1.82) is 0 Å². The van der Waals surface area contributed by atoms with Crippen LogP contribution in [-0.4, -0.2) is 46.7 Å². The van der Waals surface area contributed by atoms with E-state index in [4.69, 9.17) is 22.4 Å². The van der Waals surface area contributed by atoms with Crippen molar-refractivity contribution in [2.24, 2.45) is 22.2 Å². The van der Waals surface area contributed by atoms with E-state index >= 15 is 0 Å². The van der Waals surface area contributed by atoms with Gasteiger partial charge in [0.15, 0.2) is 5.96 Å². The molecule has 2 amide bonds. The molecule has 2 atom stereocenters. The van der Waals surface area contributed by atoms with Crippen LogP contribution < -0.4 is 28.0 Å². The molecule has 0 aliphatic heterocycles. The average Bonchev–Trinajstić information content (AvgIpc) is 2.52. The molecule has 0 fully saturated rings. The van der Waals surface area contributed by atoms with Gasteiger partial charge in [-0.25, -0.2) is 0 Å². The number of phenolic OH excluding ortho intramolecular Hbond substituents is 1. The first-order chi connectivity index (χ1) is 11.3. The van der Waals surface area contributed by atoms with Crippen molar-refractivity contribution in [3.05, 3.63) is 29.8 Å². The van der Waals surface area contributed by atoms with Crippen LogP contribution in [0.25, 0.3) is 0 Å². The third kappa shape index (κ3) is 6.50. The summed E-state index contributed by atoms with van der Waals surface area (Å²) in [5.41, 5.74) is 18.2. The van der Waals surface area contributed by atoms with Gasteiger partial charge in [0.25, 0.3) is 0 Å². The van der Waals surface area contributed by atoms with E-state index in [9.17, 15) is 14.7 Å². The Hall–Kier alpha value is -2.85. The van der Waals surface area contributed by atoms with Gasteiger partial charge in [-0.15, -0.1) is 0 Å². The Morgan fingerprint density at radius 2 is 1.75 bits per heavy atom. The first kappa shape index (κ1) is 19.2. The average molecular weight is 338 g/mol. The van der Waals surface area contributed by atoms with Crippen molar-refractivity contribution >= 4 is 17.8 Å². The third-order valence-corrected chi connectivity index (χ3v) is 3.22. The predicted octanol–water partition coefficient (Wildman–Crippen LogP) is -2.08. The zero-order valence-electron chi connectivity index (χ0n) is 13.0. The molecule has 0 heterocycles. The summed E-state index contributed by atoms with van der Waals surface area (Å²) in [4.78, 5) is 27.4. The van der Waals surface area contributed by atoms with Gasteiger partial charge in [-0.2, -0.15) is 5.48 Å². The number of carbonyl (C=O) groups excluding carboxylic acids is 2. The molecule has 10 N–H and O–H groups in total. The van der Waals surface area contributed by atoms with Crippen LogP contribution in [0.1, 0.15) is 12.0 Å². The summed E-state index contributed by atoms with van der Waals surface area (Å²) in [6.07, 6.45) is 0.262. The van der Waals surface area contributed by atoms with Crippen LogP contribution in [0.4, 0.5) is 0 Å². The molecule has 1 aromatic rings. The van der Waals surface area contributed by atoms with Gasteiger partial charge < -0.3 is 32.8 Å². The van der Waals surface area contributed by atoms with Crippen LogP contribution in [0.2, 0.25) is 0 Å². The lowest BCUT2D eigenvalue weighted by atomic mass is 10.0. The molecule has 1 rings (SSSR count). The molecule has 0 spiro atoms. The number of aliphatic imine (C=N–C) groups is 1. The summed E-state index contributed by atoms with van der Waals surface area (Å²) < 4.78 is 0. The Bertz CT molecular complexity index is 585. The molecule has 0 saturated heterocycles. The number of nitrogens with two attached hydrogens (primary N) is 3. The Labute approximate surface area is 138 Å². The summed E-state index contributed by atoms with van der Waals surface area (Å²) in [6.45, 7) is 0.118. The van der Waals surface area contributed by atoms with Gasteiger partial charge >= 0.3 is 0 Å². The monoisotopic (exact) mass is 338 g/mol. The SMILES string of the molecule is NC(=O)[C@H](Cc1ccc(O)cc1)NC(=O)[C@H](CCN=C(N)N)NO. The van der Waals surface area contributed by atoms with Gasteiger partial charge in [0.05, 0.1) is 0 Å². The highest BCUT2D eigenvalue weighted by Gasteiger charge is 2.24. The Kier molecular flexibility index (Phi) is 7.46. The number of rotatable bonds is 9. The molecule has 10 heteroatoms. The zero-order valence-corrected chi connectivity index (χ0v) is 13.0. The van der Waals surface area contributed by atoms with Gasteiger partial charge in [-0.3, -0.25) is 14.6 Å². The van der Waals surface area contributed by atoms with Gasteiger partial charge in [0, 0.05) is 13.0 Å². The first-order valence-corrected chi connectivity index (χ1v) is 7.16. The number of carbonyl (C=O) groups is 2. The number of hydrogen-bond donors (Lipinski definition) is 7. The van der Waals surface area contributed by atoms with Crippen molar-refractivity contribution in [2.75, 3.05) is 6.54 Å². The molecule has 0 bridgehead atoms. The fourth-order valence-corrected chi connectivity index (χ4v) is 1.94. The van der Waals surface area contributed by atoms with Crippen molar-refractivity contribution in [2.45, 2.75) is 24.9 Å². The second-order valence-corrected chi connectivity index (χ2v) is 5.11. The van der Waals surface area contributed by atoms with Crippen molar-refractivity contribution in [3.63, 3.8) is 0 Å². The third-order valence-electron chi connectivity index (χ3n) is 3.22. The van der Waals surface area contributed by atoms with Crippen molar-refractivity contribution in [3.8, 4) is 5.75 Å². The minimum Gasteiger partial charge on any atom is -0.508 e. The Morgan fingerprint density at radius 1 is 1.12 bits per heavy atom. The molecular formula is C14H22N6O4. The lowest BCUT2D eigenvalue weighted by Gasteiger charge is -2.19. The molecule has 132 valence electrons. The highest BCUT2D eigenvalue weighted by molar-refractivity contribution is 5.89. The van der Waals surface area contributed by atoms with E-state index in [1.54, 1.807) is 12.1 Å². The minimum absolute atomic E-state index is 0.0858. The smallest absolute Gasteiger partial charge is 0.240 e. The molecular weight excluding hydrogens is 316 g/mol. The fourth-order valence-electron chi connectivity index (χ4n) is 1.94. The van der Waals surface area contributed by atoms with E-state index in [2.05, 4.69) is 10.3 Å². The second-order valence-electron chi connectivity index (χ2n) is 5.11. The molecule has 0 unspecified atom stereocenters. The number of hydrogen-bond acceptors (Lipinski definition) is 6. The van der Waals surface area contributed by atoms with Crippen LogP contribution in [-0.2, 0) is 16.0 Å². The zero-order chi connectivity index (χ0) is 18.1. The van der Waals surface area contributed by atoms with E-state index in [0.29, 0.717) is 5.56 Å². The molecule has 0 saturated carbocycles. The van der Waals surface area contributed by atoms with Crippen molar-refractivity contribution < 1.29 is 19.9 Å². The van der Waals surface area contributed by atoms with Gasteiger partial charge in [-0.05, 0) is 24.1 Å². The number of primary amides is 1. The highest BCUT2D eigenvalue weighted by Crippen LogP contribution is 2.11. The number of hydroxylamine groups is 1. The highest BCUT2D eigenvalue weighted by atomic mass is 16.5. The molecule has 0 aromatic heterocycles. The predicted molar refractivity (Wildman–Crippen MR) is 86.9 cm³/mol. The van der Waals surface area contributed by atoms with Crippen molar-refractivity contribution in [1.82, 2.24) is 10.8 Å². The van der Waals surface area contributed by atoms with Crippen LogP contribution in [0.5, 0.6) is 5.75 Å². The number of nitrogens with zero attached hydrogens (tertiary/aromatic N) is 1. The largest absolute Gasteiger partial charge is 0.508 e. The second kappa shape index (κ2) is 9.33. The van der Waals surface area contributed by atoms with E-state index in [1.165, 1.54) is 12.1 Å². The topological polar surface area (TPSA) is 189 Å². The fraction of sp³-hybridized carbons (Fsp3) is 0.357. The molecule has 10 nitrogen and oxygen atoms in total. The maximum Gasteiger partial charge on any atom is 0.240 e. The quantitative estimate of drug-likeness (QED) is 0.153. The lowest BCUT2D eigenvalue weighted by molar-refractivity contribution is -0.130. The number of phenols is 1. The van der Waals surface area contributed by atoms with Gasteiger partial charge in [0.2, 0.25) is 11.8 Å². The molecule has 0 radical (unpaired) electrons. The molecule has 0 aliphatic carbocycles. The number of benzene rings is 1. The molecule has 1 aromatic carbocycles. The lowest BCUT2D eigenvalue weighted by Crippen LogP contribution is -2.52. The summed E-state index contributed by atoms with van der Waals surface area (Å²) >= 11 is 0.